The van der Waals surface area contributed by atoms with Crippen LogP contribution in [0.4, 0.5) is 11.4 Å². The van der Waals surface area contributed by atoms with Gasteiger partial charge in [0.2, 0.25) is 0 Å². The van der Waals surface area contributed by atoms with Crippen molar-refractivity contribution in [2.45, 2.75) is 6.92 Å². The molecule has 1 N–H and O–H groups in total. The molecule has 2 aromatic carbocycles. The molecule has 0 fully saturated rings. The van der Waals surface area contributed by atoms with Gasteiger partial charge in [0.05, 0.1) is 21.7 Å². The van der Waals surface area contributed by atoms with Crippen LogP contribution in [0.3, 0.4) is 0 Å². The third kappa shape index (κ3) is 3.62. The van der Waals surface area contributed by atoms with Crippen LogP contribution >= 0.6 is 11.3 Å². The molecule has 0 spiro atoms. The number of pyridine rings is 1. The van der Waals surface area contributed by atoms with Gasteiger partial charge < -0.3 is 10.2 Å². The molecule has 4 aromatic rings. The number of nitrogens with one attached hydrogen (secondary N) is 1. The molecule has 0 bridgehead atoms. The van der Waals surface area contributed by atoms with Gasteiger partial charge in [0, 0.05) is 30.9 Å². The molecule has 0 aliphatic rings. The number of benzene rings is 2. The van der Waals surface area contributed by atoms with Crippen LogP contribution in [0, 0.1) is 6.92 Å². The Morgan fingerprint density at radius 1 is 1.04 bits per heavy atom. The number of thiophene rings is 1. The van der Waals surface area contributed by atoms with Gasteiger partial charge in [-0.15, -0.1) is 11.3 Å². The molecule has 2 aromatic heterocycles. The van der Waals surface area contributed by atoms with E-state index in [9.17, 15) is 4.79 Å². The van der Waals surface area contributed by atoms with Crippen molar-refractivity contribution in [2.75, 3.05) is 24.3 Å². The smallest absolute Gasteiger partial charge is 0.256 e. The van der Waals surface area contributed by atoms with Crippen LogP contribution in [0.2, 0.25) is 0 Å². The fraction of sp³-hybridized carbons (Fsp3) is 0.130. The minimum atomic E-state index is -0.131. The van der Waals surface area contributed by atoms with E-state index < -0.39 is 0 Å². The Morgan fingerprint density at radius 2 is 1.82 bits per heavy atom. The first-order valence-electron chi connectivity index (χ1n) is 9.05. The fourth-order valence-corrected chi connectivity index (χ4v) is 3.81. The molecule has 4 rings (SSSR count). The molecule has 0 saturated heterocycles. The van der Waals surface area contributed by atoms with E-state index in [4.69, 9.17) is 4.98 Å². The SMILES string of the molecule is Cc1ccc2nc(-c3cccs3)cc(C(=O)Nc3ccc(N(C)C)cc3)c2c1. The van der Waals surface area contributed by atoms with E-state index >= 15 is 0 Å². The quantitative estimate of drug-likeness (QED) is 0.496. The number of aryl methyl sites for hydroxylation is 1. The average molecular weight is 388 g/mol. The van der Waals surface area contributed by atoms with Gasteiger partial charge in [-0.25, -0.2) is 4.98 Å². The predicted octanol–water partition coefficient (Wildman–Crippen LogP) is 5.59. The maximum Gasteiger partial charge on any atom is 0.256 e. The molecular formula is C23H21N3OS. The topological polar surface area (TPSA) is 45.2 Å². The number of hydrogen-bond donors (Lipinski definition) is 1. The lowest BCUT2D eigenvalue weighted by molar-refractivity contribution is 0.102. The Bertz CT molecular complexity index is 1130. The molecule has 0 saturated carbocycles. The molecule has 28 heavy (non-hydrogen) atoms. The normalized spacial score (nSPS) is 10.8. The van der Waals surface area contributed by atoms with Gasteiger partial charge in [-0.1, -0.05) is 17.7 Å². The zero-order valence-corrected chi connectivity index (χ0v) is 16.9. The lowest BCUT2D eigenvalue weighted by atomic mass is 10.0. The second-order valence-corrected chi connectivity index (χ2v) is 7.90. The van der Waals surface area contributed by atoms with Gasteiger partial charge in [-0.2, -0.15) is 0 Å². The molecule has 2 heterocycles. The Morgan fingerprint density at radius 3 is 2.50 bits per heavy atom. The van der Waals surface area contributed by atoms with Crippen molar-refractivity contribution in [3.05, 3.63) is 77.2 Å². The molecule has 0 unspecified atom stereocenters. The summed E-state index contributed by atoms with van der Waals surface area (Å²) in [5.74, 6) is -0.131. The zero-order valence-electron chi connectivity index (χ0n) is 16.1. The number of nitrogens with zero attached hydrogens (tertiary/aromatic N) is 2. The average Bonchev–Trinajstić information content (AvgIpc) is 3.22. The van der Waals surface area contributed by atoms with Crippen molar-refractivity contribution >= 4 is 39.5 Å². The third-order valence-corrected chi connectivity index (χ3v) is 5.52. The fourth-order valence-electron chi connectivity index (χ4n) is 3.12. The molecular weight excluding hydrogens is 366 g/mol. The highest BCUT2D eigenvalue weighted by atomic mass is 32.1. The zero-order chi connectivity index (χ0) is 19.7. The number of amides is 1. The van der Waals surface area contributed by atoms with E-state index in [1.807, 2.05) is 92.0 Å². The summed E-state index contributed by atoms with van der Waals surface area (Å²) in [6.07, 6.45) is 0. The molecule has 0 radical (unpaired) electrons. The summed E-state index contributed by atoms with van der Waals surface area (Å²) in [7, 11) is 3.98. The van der Waals surface area contributed by atoms with Crippen molar-refractivity contribution in [1.29, 1.82) is 0 Å². The first-order chi connectivity index (χ1) is 13.5. The maximum atomic E-state index is 13.1. The number of anilines is 2. The maximum absolute atomic E-state index is 13.1. The van der Waals surface area contributed by atoms with E-state index in [-0.39, 0.29) is 5.91 Å². The summed E-state index contributed by atoms with van der Waals surface area (Å²) in [5, 5.41) is 5.91. The van der Waals surface area contributed by atoms with Crippen LogP contribution in [0.25, 0.3) is 21.5 Å². The minimum Gasteiger partial charge on any atom is -0.378 e. The second-order valence-electron chi connectivity index (χ2n) is 6.95. The highest BCUT2D eigenvalue weighted by molar-refractivity contribution is 7.13. The van der Waals surface area contributed by atoms with E-state index in [2.05, 4.69) is 5.32 Å². The highest BCUT2D eigenvalue weighted by Gasteiger charge is 2.15. The minimum absolute atomic E-state index is 0.131. The molecule has 0 atom stereocenters. The van der Waals surface area contributed by atoms with Crippen molar-refractivity contribution < 1.29 is 4.79 Å². The van der Waals surface area contributed by atoms with Gasteiger partial charge in [0.1, 0.15) is 0 Å². The van der Waals surface area contributed by atoms with E-state index in [0.717, 1.165) is 38.4 Å². The van der Waals surface area contributed by atoms with Gasteiger partial charge in [0.25, 0.3) is 5.91 Å². The molecule has 5 heteroatoms. The Hall–Kier alpha value is -3.18. The first kappa shape index (κ1) is 18.2. The third-order valence-electron chi connectivity index (χ3n) is 4.62. The lowest BCUT2D eigenvalue weighted by Gasteiger charge is -2.14. The predicted molar refractivity (Wildman–Crippen MR) is 119 cm³/mol. The van der Waals surface area contributed by atoms with E-state index in [0.29, 0.717) is 5.56 Å². The summed E-state index contributed by atoms with van der Waals surface area (Å²) in [6.45, 7) is 2.02. The highest BCUT2D eigenvalue weighted by Crippen LogP contribution is 2.29. The number of carbonyl (C=O) groups is 1. The number of aromatic nitrogens is 1. The van der Waals surface area contributed by atoms with Gasteiger partial charge >= 0.3 is 0 Å². The summed E-state index contributed by atoms with van der Waals surface area (Å²) >= 11 is 1.62. The van der Waals surface area contributed by atoms with Crippen LogP contribution in [-0.4, -0.2) is 25.0 Å². The summed E-state index contributed by atoms with van der Waals surface area (Å²) in [4.78, 5) is 21.0. The molecule has 1 amide bonds. The number of hydrogen-bond acceptors (Lipinski definition) is 4. The monoisotopic (exact) mass is 387 g/mol. The van der Waals surface area contributed by atoms with Crippen molar-refractivity contribution in [3.63, 3.8) is 0 Å². The molecule has 4 nitrogen and oxygen atoms in total. The summed E-state index contributed by atoms with van der Waals surface area (Å²) < 4.78 is 0. The van der Waals surface area contributed by atoms with Crippen LogP contribution in [-0.2, 0) is 0 Å². The van der Waals surface area contributed by atoms with E-state index in [1.54, 1.807) is 11.3 Å². The first-order valence-corrected chi connectivity index (χ1v) is 9.93. The number of carbonyl (C=O) groups excluding carboxylic acids is 1. The van der Waals surface area contributed by atoms with Crippen molar-refractivity contribution in [1.82, 2.24) is 4.98 Å². The van der Waals surface area contributed by atoms with Crippen molar-refractivity contribution in [3.8, 4) is 10.6 Å². The number of fused-ring (bicyclic) bond motifs is 1. The van der Waals surface area contributed by atoms with E-state index in [1.165, 1.54) is 0 Å². The second kappa shape index (κ2) is 7.44. The summed E-state index contributed by atoms with van der Waals surface area (Å²) in [6, 6.07) is 19.7. The van der Waals surface area contributed by atoms with Crippen LogP contribution < -0.4 is 10.2 Å². The molecule has 0 aliphatic carbocycles. The lowest BCUT2D eigenvalue weighted by Crippen LogP contribution is -2.13. The Labute approximate surface area is 168 Å². The van der Waals surface area contributed by atoms with Gasteiger partial charge in [-0.3, -0.25) is 4.79 Å². The van der Waals surface area contributed by atoms with Gasteiger partial charge in [0.15, 0.2) is 0 Å². The summed E-state index contributed by atoms with van der Waals surface area (Å²) in [5.41, 5.74) is 5.23. The molecule has 0 aliphatic heterocycles. The standard InChI is InChI=1S/C23H21N3OS/c1-15-6-11-20-18(13-15)19(14-21(25-20)22-5-4-12-28-22)23(27)24-16-7-9-17(10-8-16)26(2)3/h4-14H,1-3H3,(H,24,27). The van der Waals surface area contributed by atoms with Crippen LogP contribution in [0.15, 0.2) is 66.0 Å². The van der Waals surface area contributed by atoms with Gasteiger partial charge in [-0.05, 0) is 60.8 Å². The Balaban J connectivity index is 1.75. The number of rotatable bonds is 4. The van der Waals surface area contributed by atoms with Crippen molar-refractivity contribution in [2.24, 2.45) is 0 Å². The van der Waals surface area contributed by atoms with Crippen LogP contribution in [0.1, 0.15) is 15.9 Å². The Kier molecular flexibility index (Phi) is 4.84. The van der Waals surface area contributed by atoms with Crippen LogP contribution in [0.5, 0.6) is 0 Å². The molecule has 140 valence electrons. The largest absolute Gasteiger partial charge is 0.378 e.